The highest BCUT2D eigenvalue weighted by Crippen LogP contribution is 2.32. The Morgan fingerprint density at radius 2 is 1.68 bits per heavy atom. The number of terminal acetylenes is 1. The zero-order valence-corrected chi connectivity index (χ0v) is 10.7. The van der Waals surface area contributed by atoms with Gasteiger partial charge in [-0.3, -0.25) is 0 Å². The second kappa shape index (κ2) is 5.04. The van der Waals surface area contributed by atoms with E-state index in [1.165, 1.54) is 27.7 Å². The molecule has 0 bridgehead atoms. The Balaban J connectivity index is 2.22. The number of aryl methyl sites for hydroxylation is 1. The first-order valence-electron chi connectivity index (χ1n) is 6.48. The molecule has 1 aromatic heterocycles. The van der Waals surface area contributed by atoms with Crippen molar-refractivity contribution in [2.45, 2.75) is 12.8 Å². The smallest absolute Gasteiger partial charge is 0.0462 e. The van der Waals surface area contributed by atoms with Crippen molar-refractivity contribution < 1.29 is 0 Å². The SMILES string of the molecule is C#CCCc1[nH]c2ccccc2c1-c1ccccc1. The highest BCUT2D eigenvalue weighted by molar-refractivity contribution is 5.97. The Morgan fingerprint density at radius 1 is 0.947 bits per heavy atom. The number of rotatable bonds is 3. The van der Waals surface area contributed by atoms with Crippen LogP contribution in [0.4, 0.5) is 0 Å². The molecule has 1 N–H and O–H groups in total. The summed E-state index contributed by atoms with van der Waals surface area (Å²) in [5, 5.41) is 1.26. The minimum atomic E-state index is 0.757. The fourth-order valence-corrected chi connectivity index (χ4v) is 2.52. The maximum Gasteiger partial charge on any atom is 0.0462 e. The van der Waals surface area contributed by atoms with Gasteiger partial charge in [0.05, 0.1) is 0 Å². The number of fused-ring (bicyclic) bond motifs is 1. The standard InChI is InChI=1S/C18H15N/c1-2-3-12-17-18(14-9-5-4-6-10-14)15-11-7-8-13-16(15)19-17/h1,4-11,13,19H,3,12H2. The van der Waals surface area contributed by atoms with Gasteiger partial charge >= 0.3 is 0 Å². The summed E-state index contributed by atoms with van der Waals surface area (Å²) in [4.78, 5) is 3.50. The molecule has 0 spiro atoms. The average molecular weight is 245 g/mol. The number of benzene rings is 2. The zero-order chi connectivity index (χ0) is 13.1. The fraction of sp³-hybridized carbons (Fsp3) is 0.111. The molecular formula is C18H15N. The highest BCUT2D eigenvalue weighted by atomic mass is 14.7. The van der Waals surface area contributed by atoms with Gasteiger partial charge in [0, 0.05) is 28.6 Å². The molecule has 3 aromatic rings. The van der Waals surface area contributed by atoms with Crippen molar-refractivity contribution in [3.63, 3.8) is 0 Å². The number of hydrogen-bond acceptors (Lipinski definition) is 0. The van der Waals surface area contributed by atoms with Crippen molar-refractivity contribution >= 4 is 10.9 Å². The first-order valence-corrected chi connectivity index (χ1v) is 6.48. The summed E-state index contributed by atoms with van der Waals surface area (Å²) >= 11 is 0. The molecule has 0 unspecified atom stereocenters. The molecule has 0 fully saturated rings. The third-order valence-corrected chi connectivity index (χ3v) is 3.37. The van der Waals surface area contributed by atoms with Gasteiger partial charge < -0.3 is 4.98 Å². The van der Waals surface area contributed by atoms with Gasteiger partial charge in [-0.2, -0.15) is 0 Å². The first-order chi connectivity index (χ1) is 9.40. The molecule has 0 aliphatic rings. The second-order valence-electron chi connectivity index (χ2n) is 4.59. The lowest BCUT2D eigenvalue weighted by Gasteiger charge is -2.03. The van der Waals surface area contributed by atoms with Crippen LogP contribution in [0.5, 0.6) is 0 Å². The molecule has 0 atom stereocenters. The average Bonchev–Trinajstić information content (AvgIpc) is 2.84. The van der Waals surface area contributed by atoms with Crippen molar-refractivity contribution in [1.82, 2.24) is 4.98 Å². The summed E-state index contributed by atoms with van der Waals surface area (Å²) in [6.45, 7) is 0. The Labute approximate surface area is 113 Å². The van der Waals surface area contributed by atoms with Crippen molar-refractivity contribution in [2.75, 3.05) is 0 Å². The van der Waals surface area contributed by atoms with Gasteiger partial charge in [0.1, 0.15) is 0 Å². The summed E-state index contributed by atoms with van der Waals surface area (Å²) in [5.41, 5.74) is 4.93. The summed E-state index contributed by atoms with van der Waals surface area (Å²) in [7, 11) is 0. The quantitative estimate of drug-likeness (QED) is 0.658. The molecule has 0 aliphatic heterocycles. The molecule has 1 nitrogen and oxygen atoms in total. The molecule has 2 aromatic carbocycles. The third-order valence-electron chi connectivity index (χ3n) is 3.37. The van der Waals surface area contributed by atoms with Crippen molar-refractivity contribution in [3.8, 4) is 23.5 Å². The number of hydrogen-bond donors (Lipinski definition) is 1. The van der Waals surface area contributed by atoms with Crippen LogP contribution in [0, 0.1) is 12.3 Å². The molecule has 19 heavy (non-hydrogen) atoms. The molecule has 0 saturated carbocycles. The van der Waals surface area contributed by atoms with E-state index >= 15 is 0 Å². The molecular weight excluding hydrogens is 230 g/mol. The van der Waals surface area contributed by atoms with Crippen molar-refractivity contribution in [1.29, 1.82) is 0 Å². The molecule has 92 valence electrons. The van der Waals surface area contributed by atoms with Gasteiger partial charge in [-0.15, -0.1) is 12.3 Å². The van der Waals surface area contributed by atoms with Gasteiger partial charge in [-0.05, 0) is 18.1 Å². The monoisotopic (exact) mass is 245 g/mol. The van der Waals surface area contributed by atoms with Gasteiger partial charge in [0.25, 0.3) is 0 Å². The second-order valence-corrected chi connectivity index (χ2v) is 4.59. The van der Waals surface area contributed by atoms with Crippen molar-refractivity contribution in [3.05, 3.63) is 60.3 Å². The van der Waals surface area contributed by atoms with E-state index in [0.717, 1.165) is 12.8 Å². The van der Waals surface area contributed by atoms with Gasteiger partial charge in [0.2, 0.25) is 0 Å². The van der Waals surface area contributed by atoms with Crippen LogP contribution in [-0.4, -0.2) is 4.98 Å². The molecule has 1 heteroatoms. The fourth-order valence-electron chi connectivity index (χ4n) is 2.52. The molecule has 1 heterocycles. The molecule has 0 amide bonds. The summed E-state index contributed by atoms with van der Waals surface area (Å²) in [6, 6.07) is 18.9. The Kier molecular flexibility index (Phi) is 3.08. The topological polar surface area (TPSA) is 15.8 Å². The summed E-state index contributed by atoms with van der Waals surface area (Å²) in [5.74, 6) is 2.72. The van der Waals surface area contributed by atoms with Gasteiger partial charge in [-0.25, -0.2) is 0 Å². The minimum absolute atomic E-state index is 0.757. The molecule has 0 aliphatic carbocycles. The molecule has 0 radical (unpaired) electrons. The number of aromatic amines is 1. The van der Waals surface area contributed by atoms with Crippen LogP contribution in [0.1, 0.15) is 12.1 Å². The lowest BCUT2D eigenvalue weighted by molar-refractivity contribution is 0.989. The summed E-state index contributed by atoms with van der Waals surface area (Å²) < 4.78 is 0. The maximum absolute atomic E-state index is 5.40. The van der Waals surface area contributed by atoms with Gasteiger partial charge in [-0.1, -0.05) is 48.5 Å². The molecule has 0 saturated heterocycles. The van der Waals surface area contributed by atoms with Crippen LogP contribution in [0.25, 0.3) is 22.0 Å². The van der Waals surface area contributed by atoms with E-state index in [9.17, 15) is 0 Å². The zero-order valence-electron chi connectivity index (χ0n) is 10.7. The van der Waals surface area contributed by atoms with E-state index < -0.39 is 0 Å². The van der Waals surface area contributed by atoms with Crippen LogP contribution in [-0.2, 0) is 6.42 Å². The number of aromatic nitrogens is 1. The number of para-hydroxylation sites is 1. The van der Waals surface area contributed by atoms with E-state index in [1.54, 1.807) is 0 Å². The minimum Gasteiger partial charge on any atom is -0.358 e. The Morgan fingerprint density at radius 3 is 2.47 bits per heavy atom. The van der Waals surface area contributed by atoms with Crippen LogP contribution in [0.15, 0.2) is 54.6 Å². The van der Waals surface area contributed by atoms with Gasteiger partial charge in [0.15, 0.2) is 0 Å². The Bertz CT molecular complexity index is 729. The largest absolute Gasteiger partial charge is 0.358 e. The van der Waals surface area contributed by atoms with E-state index in [1.807, 2.05) is 6.07 Å². The maximum atomic E-state index is 5.40. The highest BCUT2D eigenvalue weighted by Gasteiger charge is 2.11. The van der Waals surface area contributed by atoms with E-state index in [0.29, 0.717) is 0 Å². The number of nitrogens with one attached hydrogen (secondary N) is 1. The lowest BCUT2D eigenvalue weighted by atomic mass is 10.00. The summed E-state index contributed by atoms with van der Waals surface area (Å²) in [6.07, 6.45) is 7.04. The molecule has 3 rings (SSSR count). The van der Waals surface area contributed by atoms with Crippen LogP contribution >= 0.6 is 0 Å². The third kappa shape index (κ3) is 2.13. The normalized spacial score (nSPS) is 10.5. The Hall–Kier alpha value is -2.46. The number of H-pyrrole nitrogens is 1. The van der Waals surface area contributed by atoms with Crippen LogP contribution in [0.3, 0.4) is 0 Å². The van der Waals surface area contributed by atoms with Crippen molar-refractivity contribution in [2.24, 2.45) is 0 Å². The lowest BCUT2D eigenvalue weighted by Crippen LogP contribution is -1.87. The van der Waals surface area contributed by atoms with E-state index in [2.05, 4.69) is 59.4 Å². The van der Waals surface area contributed by atoms with Crippen LogP contribution < -0.4 is 0 Å². The van der Waals surface area contributed by atoms with Crippen LogP contribution in [0.2, 0.25) is 0 Å². The predicted octanol–water partition coefficient (Wildman–Crippen LogP) is 4.40. The first kappa shape index (κ1) is 11.6. The predicted molar refractivity (Wildman–Crippen MR) is 80.9 cm³/mol. The van der Waals surface area contributed by atoms with E-state index in [-0.39, 0.29) is 0 Å². The van der Waals surface area contributed by atoms with E-state index in [4.69, 9.17) is 6.42 Å².